The van der Waals surface area contributed by atoms with E-state index in [4.69, 9.17) is 0 Å². The van der Waals surface area contributed by atoms with Crippen LogP contribution in [0.2, 0.25) is 0 Å². The van der Waals surface area contributed by atoms with Crippen molar-refractivity contribution in [2.75, 3.05) is 0 Å². The zero-order chi connectivity index (χ0) is 14.9. The quantitative estimate of drug-likeness (QED) is 0.862. The van der Waals surface area contributed by atoms with Crippen molar-refractivity contribution in [3.63, 3.8) is 0 Å². The highest BCUT2D eigenvalue weighted by atomic mass is 32.1. The number of benzene rings is 1. The van der Waals surface area contributed by atoms with Crippen LogP contribution in [0.1, 0.15) is 34.1 Å². The van der Waals surface area contributed by atoms with Gasteiger partial charge in [0.2, 0.25) is 0 Å². The molecule has 108 valence electrons. The normalized spacial score (nSPS) is 12.7. The van der Waals surface area contributed by atoms with Crippen molar-refractivity contribution in [3.05, 3.63) is 50.7 Å². The molecule has 0 spiro atoms. The molecule has 1 heterocycles. The number of nitrogens with one attached hydrogen (secondary N) is 1. The summed E-state index contributed by atoms with van der Waals surface area (Å²) in [5, 5.41) is 4.06. The first-order valence-electron chi connectivity index (χ1n) is 6.19. The molecule has 1 aromatic carbocycles. The first-order valence-corrected chi connectivity index (χ1v) is 7.01. The molecule has 0 aliphatic carbocycles. The second kappa shape index (κ2) is 5.93. The molecule has 6 heteroatoms. The Kier molecular flexibility index (Phi) is 4.45. The number of rotatable bonds is 4. The number of hydrogen-bond acceptors (Lipinski definition) is 3. The van der Waals surface area contributed by atoms with Gasteiger partial charge in [0.05, 0.1) is 10.7 Å². The Morgan fingerprint density at radius 3 is 2.40 bits per heavy atom. The molecule has 1 atom stereocenters. The molecule has 20 heavy (non-hydrogen) atoms. The van der Waals surface area contributed by atoms with Crippen LogP contribution >= 0.6 is 11.3 Å². The zero-order valence-corrected chi connectivity index (χ0v) is 12.2. The van der Waals surface area contributed by atoms with Crippen LogP contribution in [0.3, 0.4) is 0 Å². The fourth-order valence-corrected chi connectivity index (χ4v) is 2.96. The summed E-state index contributed by atoms with van der Waals surface area (Å²) in [6, 6.07) is 1.42. The molecular weight excluding hydrogens is 285 g/mol. The predicted molar refractivity (Wildman–Crippen MR) is 73.2 cm³/mol. The maximum Gasteiger partial charge on any atom is 0.161 e. The van der Waals surface area contributed by atoms with Crippen LogP contribution in [0.5, 0.6) is 0 Å². The molecule has 0 amide bonds. The van der Waals surface area contributed by atoms with Gasteiger partial charge in [-0.2, -0.15) is 0 Å². The van der Waals surface area contributed by atoms with Gasteiger partial charge in [-0.15, -0.1) is 11.3 Å². The van der Waals surface area contributed by atoms with Gasteiger partial charge in [0.25, 0.3) is 0 Å². The van der Waals surface area contributed by atoms with Crippen LogP contribution in [0.4, 0.5) is 13.2 Å². The van der Waals surface area contributed by atoms with Crippen molar-refractivity contribution in [1.82, 2.24) is 10.3 Å². The number of aromatic nitrogens is 1. The lowest BCUT2D eigenvalue weighted by molar-refractivity contribution is 0.482. The third kappa shape index (κ3) is 3.19. The lowest BCUT2D eigenvalue weighted by Gasteiger charge is -2.13. The van der Waals surface area contributed by atoms with E-state index in [1.165, 1.54) is 0 Å². The van der Waals surface area contributed by atoms with Gasteiger partial charge in [0.15, 0.2) is 11.6 Å². The lowest BCUT2D eigenvalue weighted by Crippen LogP contribution is -2.19. The fraction of sp³-hybridized carbons (Fsp3) is 0.357. The molecule has 0 bridgehead atoms. The Hall–Kier alpha value is -1.40. The molecule has 0 fully saturated rings. The van der Waals surface area contributed by atoms with Gasteiger partial charge in [-0.1, -0.05) is 0 Å². The highest BCUT2D eigenvalue weighted by Crippen LogP contribution is 2.25. The molecule has 2 rings (SSSR count). The zero-order valence-electron chi connectivity index (χ0n) is 11.4. The summed E-state index contributed by atoms with van der Waals surface area (Å²) in [6.07, 6.45) is 0. The van der Waals surface area contributed by atoms with Gasteiger partial charge >= 0.3 is 0 Å². The van der Waals surface area contributed by atoms with Gasteiger partial charge in [-0.25, -0.2) is 18.2 Å². The number of aryl methyl sites for hydroxylation is 2. The topological polar surface area (TPSA) is 24.9 Å². The summed E-state index contributed by atoms with van der Waals surface area (Å²) in [4.78, 5) is 5.39. The number of hydrogen-bond donors (Lipinski definition) is 1. The van der Waals surface area contributed by atoms with Crippen LogP contribution in [-0.2, 0) is 6.54 Å². The summed E-state index contributed by atoms with van der Waals surface area (Å²) < 4.78 is 39.4. The average Bonchev–Trinajstić information content (AvgIpc) is 2.71. The molecule has 0 aliphatic heterocycles. The molecule has 0 aliphatic rings. The minimum Gasteiger partial charge on any atom is -0.305 e. The summed E-state index contributed by atoms with van der Waals surface area (Å²) in [5.41, 5.74) is 1.04. The Balaban J connectivity index is 2.09. The van der Waals surface area contributed by atoms with Crippen LogP contribution in [-0.4, -0.2) is 4.98 Å². The Bertz CT molecular complexity index is 625. The fourth-order valence-electron chi connectivity index (χ4n) is 2.00. The highest BCUT2D eigenvalue weighted by Gasteiger charge is 2.14. The standard InChI is InChI=1S/C14H15F3N2S/c1-7(14-8(2)19-9(3)20-14)18-6-10-4-12(16)13(17)5-11(10)15/h4-5,7,18H,6H2,1-3H3. The van der Waals surface area contributed by atoms with Crippen molar-refractivity contribution in [1.29, 1.82) is 0 Å². The van der Waals surface area contributed by atoms with Gasteiger partial charge in [0.1, 0.15) is 5.82 Å². The second-order valence-corrected chi connectivity index (χ2v) is 5.88. The Morgan fingerprint density at radius 2 is 1.80 bits per heavy atom. The van der Waals surface area contributed by atoms with E-state index in [1.54, 1.807) is 11.3 Å². The van der Waals surface area contributed by atoms with E-state index in [1.807, 2.05) is 20.8 Å². The van der Waals surface area contributed by atoms with Gasteiger partial charge in [0, 0.05) is 29.1 Å². The molecule has 1 N–H and O–H groups in total. The van der Waals surface area contributed by atoms with Crippen LogP contribution in [0.25, 0.3) is 0 Å². The van der Waals surface area contributed by atoms with Crippen molar-refractivity contribution < 1.29 is 13.2 Å². The van der Waals surface area contributed by atoms with E-state index in [0.717, 1.165) is 21.6 Å². The van der Waals surface area contributed by atoms with Gasteiger partial charge < -0.3 is 5.32 Å². The van der Waals surface area contributed by atoms with E-state index in [0.29, 0.717) is 6.07 Å². The third-order valence-electron chi connectivity index (χ3n) is 3.02. The maximum absolute atomic E-state index is 13.5. The van der Waals surface area contributed by atoms with Crippen LogP contribution in [0.15, 0.2) is 12.1 Å². The minimum absolute atomic E-state index is 0.0336. The van der Waals surface area contributed by atoms with Crippen molar-refractivity contribution in [3.8, 4) is 0 Å². The summed E-state index contributed by atoms with van der Waals surface area (Å²) in [5.74, 6) is -2.96. The van der Waals surface area contributed by atoms with E-state index >= 15 is 0 Å². The molecule has 0 radical (unpaired) electrons. The van der Waals surface area contributed by atoms with Crippen LogP contribution < -0.4 is 5.32 Å². The Morgan fingerprint density at radius 1 is 1.15 bits per heavy atom. The average molecular weight is 300 g/mol. The predicted octanol–water partition coefficient (Wildman–Crippen LogP) is 4.03. The maximum atomic E-state index is 13.5. The van der Waals surface area contributed by atoms with Gasteiger partial charge in [-0.05, 0) is 26.8 Å². The van der Waals surface area contributed by atoms with Gasteiger partial charge in [-0.3, -0.25) is 0 Å². The van der Waals surface area contributed by atoms with E-state index in [2.05, 4.69) is 10.3 Å². The first-order chi connectivity index (χ1) is 9.38. The van der Waals surface area contributed by atoms with Crippen molar-refractivity contribution in [2.45, 2.75) is 33.4 Å². The molecule has 0 saturated carbocycles. The molecule has 2 nitrogen and oxygen atoms in total. The third-order valence-corrected chi connectivity index (χ3v) is 4.28. The molecule has 1 unspecified atom stereocenters. The minimum atomic E-state index is -1.17. The monoisotopic (exact) mass is 300 g/mol. The number of nitrogens with zero attached hydrogens (tertiary/aromatic N) is 1. The van der Waals surface area contributed by atoms with E-state index in [9.17, 15) is 13.2 Å². The highest BCUT2D eigenvalue weighted by molar-refractivity contribution is 7.11. The van der Waals surface area contributed by atoms with Crippen molar-refractivity contribution >= 4 is 11.3 Å². The molecule has 1 aromatic heterocycles. The number of thiazole rings is 1. The van der Waals surface area contributed by atoms with Crippen molar-refractivity contribution in [2.24, 2.45) is 0 Å². The van der Waals surface area contributed by atoms with E-state index in [-0.39, 0.29) is 18.2 Å². The molecule has 2 aromatic rings. The van der Waals surface area contributed by atoms with Crippen LogP contribution in [0, 0.1) is 31.3 Å². The largest absolute Gasteiger partial charge is 0.305 e. The Labute approximate surface area is 119 Å². The smallest absolute Gasteiger partial charge is 0.161 e. The van der Waals surface area contributed by atoms with E-state index < -0.39 is 17.5 Å². The lowest BCUT2D eigenvalue weighted by atomic mass is 10.1. The summed E-state index contributed by atoms with van der Waals surface area (Å²) in [7, 11) is 0. The SMILES string of the molecule is Cc1nc(C)c(C(C)NCc2cc(F)c(F)cc2F)s1. The first kappa shape index (κ1) is 15.0. The second-order valence-electron chi connectivity index (χ2n) is 4.64. The summed E-state index contributed by atoms with van der Waals surface area (Å²) >= 11 is 1.57. The molecule has 0 saturated heterocycles. The summed E-state index contributed by atoms with van der Waals surface area (Å²) in [6.45, 7) is 5.89. The number of halogens is 3. The molecular formula is C14H15F3N2S.